The van der Waals surface area contributed by atoms with E-state index in [2.05, 4.69) is 5.32 Å². The molecule has 0 radical (unpaired) electrons. The first kappa shape index (κ1) is 11.4. The molecule has 0 saturated heterocycles. The molecule has 0 bridgehead atoms. The maximum atomic E-state index is 10.9. The first-order valence-corrected chi connectivity index (χ1v) is 5.05. The number of ether oxygens (including phenoxy) is 1. The van der Waals surface area contributed by atoms with Gasteiger partial charge in [0.2, 0.25) is 0 Å². The third kappa shape index (κ3) is 3.18. The topological polar surface area (TPSA) is 62.1 Å². The second kappa shape index (κ2) is 5.27. The van der Waals surface area contributed by atoms with Gasteiger partial charge in [-0.15, -0.1) is 0 Å². The molecule has 1 rings (SSSR count). The van der Waals surface area contributed by atoms with Gasteiger partial charge in [-0.05, 0) is 42.4 Å². The van der Waals surface area contributed by atoms with E-state index < -0.39 is 6.09 Å². The lowest BCUT2D eigenvalue weighted by molar-refractivity contribution is 0.203. The highest BCUT2D eigenvalue weighted by molar-refractivity contribution is 8.03. The van der Waals surface area contributed by atoms with Crippen molar-refractivity contribution in [3.63, 3.8) is 0 Å². The van der Waals surface area contributed by atoms with E-state index in [4.69, 9.17) is 10.00 Å². The van der Waals surface area contributed by atoms with Crippen LogP contribution in [0.15, 0.2) is 23.1 Å². The highest BCUT2D eigenvalue weighted by Crippen LogP contribution is 2.25. The Kier molecular flexibility index (Phi) is 4.01. The molecule has 1 aromatic rings. The molecule has 1 amide bonds. The Morgan fingerprint density at radius 3 is 2.87 bits per heavy atom. The molecule has 0 aromatic heterocycles. The second-order valence-corrected chi connectivity index (χ2v) is 3.59. The second-order valence-electron chi connectivity index (χ2n) is 2.76. The quantitative estimate of drug-likeness (QED) is 0.616. The summed E-state index contributed by atoms with van der Waals surface area (Å²) >= 11 is 1.08. The summed E-state index contributed by atoms with van der Waals surface area (Å²) in [6.45, 7) is 1.86. The molecule has 0 heterocycles. The standard InChI is InChI=1S/C10H10N2O2S/c1-7-5-8(14-10(13)12-2)3-4-9(7)15-6-11/h3-5H,1-2H3,(H,12,13). The lowest BCUT2D eigenvalue weighted by Crippen LogP contribution is -2.22. The van der Waals surface area contributed by atoms with Crippen LogP contribution in [-0.4, -0.2) is 13.1 Å². The van der Waals surface area contributed by atoms with Gasteiger partial charge < -0.3 is 10.1 Å². The Bertz CT molecular complexity index is 412. The van der Waals surface area contributed by atoms with Gasteiger partial charge in [0.15, 0.2) is 0 Å². The molecular weight excluding hydrogens is 212 g/mol. The van der Waals surface area contributed by atoms with Gasteiger partial charge in [-0.1, -0.05) is 0 Å². The van der Waals surface area contributed by atoms with Crippen LogP contribution in [0.1, 0.15) is 5.56 Å². The zero-order valence-electron chi connectivity index (χ0n) is 8.40. The number of carbonyl (C=O) groups is 1. The Morgan fingerprint density at radius 2 is 2.33 bits per heavy atom. The van der Waals surface area contributed by atoms with Gasteiger partial charge in [0.25, 0.3) is 0 Å². The van der Waals surface area contributed by atoms with E-state index >= 15 is 0 Å². The molecule has 0 saturated carbocycles. The summed E-state index contributed by atoms with van der Waals surface area (Å²) in [5.41, 5.74) is 0.906. The van der Waals surface area contributed by atoms with Crippen LogP contribution in [0.5, 0.6) is 5.75 Å². The van der Waals surface area contributed by atoms with Crippen molar-refractivity contribution in [2.24, 2.45) is 0 Å². The van der Waals surface area contributed by atoms with Gasteiger partial charge in [-0.25, -0.2) is 4.79 Å². The molecule has 0 atom stereocenters. The highest BCUT2D eigenvalue weighted by atomic mass is 32.2. The molecule has 0 spiro atoms. The van der Waals surface area contributed by atoms with E-state index in [0.717, 1.165) is 22.2 Å². The summed E-state index contributed by atoms with van der Waals surface area (Å²) in [5.74, 6) is 0.467. The number of benzene rings is 1. The van der Waals surface area contributed by atoms with Gasteiger partial charge in [0.05, 0.1) is 0 Å². The van der Waals surface area contributed by atoms with Crippen LogP contribution in [0, 0.1) is 17.6 Å². The van der Waals surface area contributed by atoms with Crippen molar-refractivity contribution in [1.29, 1.82) is 5.26 Å². The van der Waals surface area contributed by atoms with Crippen molar-refractivity contribution in [3.05, 3.63) is 23.8 Å². The molecule has 0 aliphatic heterocycles. The van der Waals surface area contributed by atoms with Crippen molar-refractivity contribution in [2.75, 3.05) is 7.05 Å². The predicted octanol–water partition coefficient (Wildman–Crippen LogP) is 2.29. The van der Waals surface area contributed by atoms with Crippen LogP contribution >= 0.6 is 11.8 Å². The molecule has 0 aliphatic carbocycles. The summed E-state index contributed by atoms with van der Waals surface area (Å²) in [4.78, 5) is 11.8. The number of nitrogens with zero attached hydrogens (tertiary/aromatic N) is 1. The lowest BCUT2D eigenvalue weighted by atomic mass is 10.2. The fourth-order valence-electron chi connectivity index (χ4n) is 1.01. The molecule has 78 valence electrons. The van der Waals surface area contributed by atoms with E-state index in [-0.39, 0.29) is 0 Å². The van der Waals surface area contributed by atoms with Crippen molar-refractivity contribution < 1.29 is 9.53 Å². The number of nitriles is 1. The molecule has 1 N–H and O–H groups in total. The minimum atomic E-state index is -0.505. The lowest BCUT2D eigenvalue weighted by Gasteiger charge is -2.05. The van der Waals surface area contributed by atoms with Crippen molar-refractivity contribution in [3.8, 4) is 11.2 Å². The molecule has 0 unspecified atom stereocenters. The van der Waals surface area contributed by atoms with Crippen LogP contribution in [0.25, 0.3) is 0 Å². The van der Waals surface area contributed by atoms with Crippen LogP contribution in [0.3, 0.4) is 0 Å². The predicted molar refractivity (Wildman–Crippen MR) is 57.7 cm³/mol. The fraction of sp³-hybridized carbons (Fsp3) is 0.200. The Hall–Kier alpha value is -1.67. The molecule has 15 heavy (non-hydrogen) atoms. The monoisotopic (exact) mass is 222 g/mol. The maximum absolute atomic E-state index is 10.9. The van der Waals surface area contributed by atoms with E-state index in [1.807, 2.05) is 12.3 Å². The Balaban J connectivity index is 2.83. The third-order valence-corrected chi connectivity index (χ3v) is 2.49. The van der Waals surface area contributed by atoms with Crippen LogP contribution in [-0.2, 0) is 0 Å². The molecule has 4 nitrogen and oxygen atoms in total. The Morgan fingerprint density at radius 1 is 1.60 bits per heavy atom. The zero-order chi connectivity index (χ0) is 11.3. The number of hydrogen-bond acceptors (Lipinski definition) is 4. The third-order valence-electron chi connectivity index (χ3n) is 1.72. The Labute approximate surface area is 92.2 Å². The van der Waals surface area contributed by atoms with E-state index in [0.29, 0.717) is 5.75 Å². The van der Waals surface area contributed by atoms with E-state index in [1.165, 1.54) is 7.05 Å². The number of carbonyl (C=O) groups excluding carboxylic acids is 1. The van der Waals surface area contributed by atoms with Crippen molar-refractivity contribution in [2.45, 2.75) is 11.8 Å². The number of amides is 1. The summed E-state index contributed by atoms with van der Waals surface area (Å²) in [6, 6.07) is 5.12. The first-order chi connectivity index (χ1) is 7.17. The summed E-state index contributed by atoms with van der Waals surface area (Å²) < 4.78 is 4.94. The average Bonchev–Trinajstić information content (AvgIpc) is 2.22. The van der Waals surface area contributed by atoms with Gasteiger partial charge >= 0.3 is 6.09 Å². The van der Waals surface area contributed by atoms with Gasteiger partial charge in [0, 0.05) is 11.9 Å². The van der Waals surface area contributed by atoms with Gasteiger partial charge in [-0.3, -0.25) is 0 Å². The van der Waals surface area contributed by atoms with E-state index in [1.54, 1.807) is 18.2 Å². The number of thiocyanates is 1. The summed E-state index contributed by atoms with van der Waals surface area (Å²) in [5, 5.41) is 12.9. The van der Waals surface area contributed by atoms with Crippen LogP contribution < -0.4 is 10.1 Å². The largest absolute Gasteiger partial charge is 0.412 e. The van der Waals surface area contributed by atoms with Crippen LogP contribution in [0.2, 0.25) is 0 Å². The van der Waals surface area contributed by atoms with E-state index in [9.17, 15) is 4.79 Å². The normalized spacial score (nSPS) is 9.13. The summed E-state index contributed by atoms with van der Waals surface area (Å²) in [6.07, 6.45) is -0.505. The zero-order valence-corrected chi connectivity index (χ0v) is 9.22. The van der Waals surface area contributed by atoms with Gasteiger partial charge in [0.1, 0.15) is 11.2 Å². The van der Waals surface area contributed by atoms with Crippen molar-refractivity contribution >= 4 is 17.9 Å². The summed E-state index contributed by atoms with van der Waals surface area (Å²) in [7, 11) is 1.50. The number of thioether (sulfide) groups is 1. The number of nitrogens with one attached hydrogen (secondary N) is 1. The molecule has 0 fully saturated rings. The van der Waals surface area contributed by atoms with Crippen LogP contribution in [0.4, 0.5) is 4.79 Å². The average molecular weight is 222 g/mol. The SMILES string of the molecule is CNC(=O)Oc1ccc(SC#N)c(C)c1. The first-order valence-electron chi connectivity index (χ1n) is 4.23. The minimum absolute atomic E-state index is 0.467. The van der Waals surface area contributed by atoms with Gasteiger partial charge in [-0.2, -0.15) is 5.26 Å². The fourth-order valence-corrected chi connectivity index (χ4v) is 1.46. The maximum Gasteiger partial charge on any atom is 0.412 e. The molecular formula is C10H10N2O2S. The molecule has 0 aliphatic rings. The number of aryl methyl sites for hydroxylation is 1. The highest BCUT2D eigenvalue weighted by Gasteiger charge is 2.04. The molecule has 5 heteroatoms. The number of rotatable bonds is 2. The number of hydrogen-bond donors (Lipinski definition) is 1. The molecule has 1 aromatic carbocycles. The van der Waals surface area contributed by atoms with Crippen molar-refractivity contribution in [1.82, 2.24) is 5.32 Å². The minimum Gasteiger partial charge on any atom is -0.410 e. The smallest absolute Gasteiger partial charge is 0.410 e.